The van der Waals surface area contributed by atoms with E-state index in [9.17, 15) is 5.11 Å². The molecule has 0 spiro atoms. The summed E-state index contributed by atoms with van der Waals surface area (Å²) in [6.45, 7) is 0.794. The van der Waals surface area contributed by atoms with Crippen LogP contribution in [0.4, 0.5) is 10.8 Å². The van der Waals surface area contributed by atoms with E-state index in [0.717, 1.165) is 28.7 Å². The highest BCUT2D eigenvalue weighted by Gasteiger charge is 2.15. The summed E-state index contributed by atoms with van der Waals surface area (Å²) in [5, 5.41) is 17.8. The molecule has 2 aromatic rings. The molecule has 0 amide bonds. The number of nitrogens with zero attached hydrogens (tertiary/aromatic N) is 1. The minimum absolute atomic E-state index is 0.181. The molecule has 0 radical (unpaired) electrons. The van der Waals surface area contributed by atoms with Gasteiger partial charge in [0.05, 0.1) is 4.88 Å². The normalized spacial score (nSPS) is 16.0. The van der Waals surface area contributed by atoms with Gasteiger partial charge >= 0.3 is 0 Å². The number of hydrogen-bond donors (Lipinski definition) is 3. The molecule has 5 heteroatoms. The molecule has 1 saturated carbocycles. The zero-order valence-corrected chi connectivity index (χ0v) is 14.2. The summed E-state index contributed by atoms with van der Waals surface area (Å²) in [7, 11) is 0. The van der Waals surface area contributed by atoms with E-state index in [1.807, 2.05) is 30.3 Å². The number of anilines is 2. The first-order chi connectivity index (χ1) is 11.3. The van der Waals surface area contributed by atoms with Gasteiger partial charge in [0, 0.05) is 24.7 Å². The Morgan fingerprint density at radius 1 is 1.09 bits per heavy atom. The standard InChI is InChI=1S/C18H25N3OS/c22-17-16(12-13-19-14-8-6-3-7-9-14)23-18(21-17)20-15-10-4-1-2-5-11-15/h3,6-9,15,19,22H,1-2,4-5,10-13H2,(H,20,21). The number of para-hydroxylation sites is 1. The van der Waals surface area contributed by atoms with Crippen LogP contribution in [0.2, 0.25) is 0 Å². The Hall–Kier alpha value is -1.75. The van der Waals surface area contributed by atoms with Crippen molar-refractivity contribution in [1.82, 2.24) is 4.98 Å². The molecular weight excluding hydrogens is 306 g/mol. The van der Waals surface area contributed by atoms with Gasteiger partial charge in [0.2, 0.25) is 5.88 Å². The summed E-state index contributed by atoms with van der Waals surface area (Å²) >= 11 is 1.58. The monoisotopic (exact) mass is 331 g/mol. The van der Waals surface area contributed by atoms with E-state index < -0.39 is 0 Å². The number of thiazole rings is 1. The van der Waals surface area contributed by atoms with Crippen LogP contribution in [0, 0.1) is 0 Å². The molecule has 1 aromatic carbocycles. The third-order valence-electron chi connectivity index (χ3n) is 4.31. The Labute approximate surface area is 142 Å². The SMILES string of the molecule is Oc1nc(NC2CCCCCC2)sc1CCNc1ccccc1. The summed E-state index contributed by atoms with van der Waals surface area (Å²) < 4.78 is 0. The maximum Gasteiger partial charge on any atom is 0.227 e. The quantitative estimate of drug-likeness (QED) is 0.675. The van der Waals surface area contributed by atoms with E-state index in [0.29, 0.717) is 6.04 Å². The summed E-state index contributed by atoms with van der Waals surface area (Å²) in [5.41, 5.74) is 1.10. The molecular formula is C18H25N3OS. The molecule has 0 unspecified atom stereocenters. The lowest BCUT2D eigenvalue weighted by Crippen LogP contribution is -2.17. The van der Waals surface area contributed by atoms with E-state index in [4.69, 9.17) is 0 Å². The van der Waals surface area contributed by atoms with Gasteiger partial charge in [0.25, 0.3) is 0 Å². The molecule has 0 atom stereocenters. The van der Waals surface area contributed by atoms with E-state index in [2.05, 4.69) is 15.6 Å². The van der Waals surface area contributed by atoms with Gasteiger partial charge in [-0.15, -0.1) is 0 Å². The summed E-state index contributed by atoms with van der Waals surface area (Å²) in [6.07, 6.45) is 8.49. The van der Waals surface area contributed by atoms with Crippen molar-refractivity contribution in [3.05, 3.63) is 35.2 Å². The highest BCUT2D eigenvalue weighted by atomic mass is 32.1. The molecule has 0 aliphatic heterocycles. The Morgan fingerprint density at radius 2 is 1.83 bits per heavy atom. The Kier molecular flexibility index (Phi) is 5.75. The van der Waals surface area contributed by atoms with Crippen LogP contribution >= 0.6 is 11.3 Å². The predicted octanol–water partition coefficient (Wildman–Crippen LogP) is 4.64. The van der Waals surface area contributed by atoms with Crippen LogP contribution < -0.4 is 10.6 Å². The van der Waals surface area contributed by atoms with Crippen LogP contribution in [-0.4, -0.2) is 22.7 Å². The first kappa shape index (κ1) is 16.1. The number of nitrogens with one attached hydrogen (secondary N) is 2. The predicted molar refractivity (Wildman–Crippen MR) is 97.5 cm³/mol. The molecule has 1 aliphatic rings. The van der Waals surface area contributed by atoms with E-state index >= 15 is 0 Å². The molecule has 23 heavy (non-hydrogen) atoms. The number of rotatable bonds is 6. The van der Waals surface area contributed by atoms with Crippen molar-refractivity contribution >= 4 is 22.2 Å². The molecule has 1 aromatic heterocycles. The lowest BCUT2D eigenvalue weighted by atomic mass is 10.1. The Balaban J connectivity index is 1.51. The van der Waals surface area contributed by atoms with Crippen molar-refractivity contribution in [3.63, 3.8) is 0 Å². The lowest BCUT2D eigenvalue weighted by Gasteiger charge is -2.14. The topological polar surface area (TPSA) is 57.2 Å². The molecule has 1 heterocycles. The number of hydrogen-bond acceptors (Lipinski definition) is 5. The van der Waals surface area contributed by atoms with Crippen LogP contribution in [-0.2, 0) is 6.42 Å². The van der Waals surface area contributed by atoms with E-state index in [1.54, 1.807) is 11.3 Å². The van der Waals surface area contributed by atoms with Crippen molar-refractivity contribution in [3.8, 4) is 5.88 Å². The molecule has 3 rings (SSSR count). The second-order valence-electron chi connectivity index (χ2n) is 6.14. The fourth-order valence-corrected chi connectivity index (χ4v) is 3.98. The largest absolute Gasteiger partial charge is 0.492 e. The number of aromatic hydroxyl groups is 1. The van der Waals surface area contributed by atoms with Gasteiger partial charge in [-0.2, -0.15) is 4.98 Å². The van der Waals surface area contributed by atoms with Gasteiger partial charge in [-0.1, -0.05) is 55.2 Å². The van der Waals surface area contributed by atoms with Gasteiger partial charge in [-0.05, 0) is 25.0 Å². The second-order valence-corrected chi connectivity index (χ2v) is 7.23. The van der Waals surface area contributed by atoms with E-state index in [1.165, 1.54) is 38.5 Å². The molecule has 0 saturated heterocycles. The third kappa shape index (κ3) is 4.86. The molecule has 1 aliphatic carbocycles. The van der Waals surface area contributed by atoms with Gasteiger partial charge in [0.1, 0.15) is 0 Å². The Bertz CT molecular complexity index is 592. The van der Waals surface area contributed by atoms with E-state index in [-0.39, 0.29) is 5.88 Å². The van der Waals surface area contributed by atoms with Crippen molar-refractivity contribution in [2.45, 2.75) is 51.0 Å². The smallest absolute Gasteiger partial charge is 0.227 e. The fourth-order valence-electron chi connectivity index (χ4n) is 3.04. The molecule has 1 fully saturated rings. The maximum absolute atomic E-state index is 10.0. The number of aromatic nitrogens is 1. The van der Waals surface area contributed by atoms with Crippen LogP contribution in [0.5, 0.6) is 5.88 Å². The fraction of sp³-hybridized carbons (Fsp3) is 0.500. The summed E-state index contributed by atoms with van der Waals surface area (Å²) in [4.78, 5) is 5.24. The van der Waals surface area contributed by atoms with Crippen LogP contribution in [0.15, 0.2) is 30.3 Å². The maximum atomic E-state index is 10.0. The van der Waals surface area contributed by atoms with Gasteiger partial charge in [-0.3, -0.25) is 0 Å². The highest BCUT2D eigenvalue weighted by Crippen LogP contribution is 2.30. The van der Waals surface area contributed by atoms with Gasteiger partial charge in [0.15, 0.2) is 5.13 Å². The van der Waals surface area contributed by atoms with Crippen molar-refractivity contribution < 1.29 is 5.11 Å². The van der Waals surface area contributed by atoms with Gasteiger partial charge < -0.3 is 15.7 Å². The van der Waals surface area contributed by atoms with Crippen LogP contribution in [0.1, 0.15) is 43.4 Å². The molecule has 3 N–H and O–H groups in total. The van der Waals surface area contributed by atoms with Crippen LogP contribution in [0.25, 0.3) is 0 Å². The zero-order valence-electron chi connectivity index (χ0n) is 13.4. The molecule has 4 nitrogen and oxygen atoms in total. The molecule has 0 bridgehead atoms. The minimum atomic E-state index is 0.181. The first-order valence-electron chi connectivity index (χ1n) is 8.55. The second kappa shape index (κ2) is 8.20. The Morgan fingerprint density at radius 3 is 2.57 bits per heavy atom. The zero-order chi connectivity index (χ0) is 15.9. The average molecular weight is 331 g/mol. The lowest BCUT2D eigenvalue weighted by molar-refractivity contribution is 0.451. The van der Waals surface area contributed by atoms with Crippen LogP contribution in [0.3, 0.4) is 0 Å². The van der Waals surface area contributed by atoms with Crippen molar-refractivity contribution in [1.29, 1.82) is 0 Å². The highest BCUT2D eigenvalue weighted by molar-refractivity contribution is 7.15. The average Bonchev–Trinajstić information content (AvgIpc) is 2.76. The third-order valence-corrected chi connectivity index (χ3v) is 5.35. The molecule has 124 valence electrons. The minimum Gasteiger partial charge on any atom is -0.492 e. The first-order valence-corrected chi connectivity index (χ1v) is 9.37. The van der Waals surface area contributed by atoms with Crippen molar-refractivity contribution in [2.24, 2.45) is 0 Å². The van der Waals surface area contributed by atoms with Gasteiger partial charge in [-0.25, -0.2) is 0 Å². The number of benzene rings is 1. The summed E-state index contributed by atoms with van der Waals surface area (Å²) in [5.74, 6) is 0.181. The van der Waals surface area contributed by atoms with Crippen molar-refractivity contribution in [2.75, 3.05) is 17.2 Å². The summed E-state index contributed by atoms with van der Waals surface area (Å²) in [6, 6.07) is 10.6.